The van der Waals surface area contributed by atoms with E-state index in [1.807, 2.05) is 37.3 Å². The molecule has 0 saturated carbocycles. The fourth-order valence-electron chi connectivity index (χ4n) is 3.01. The molecule has 114 valence electrons. The summed E-state index contributed by atoms with van der Waals surface area (Å²) in [5, 5.41) is 3.18. The molecule has 1 fully saturated rings. The number of nitrogens with zero attached hydrogens (tertiary/aromatic N) is 1. The van der Waals surface area contributed by atoms with Gasteiger partial charge in [-0.15, -0.1) is 0 Å². The highest BCUT2D eigenvalue weighted by Crippen LogP contribution is 2.19. The van der Waals surface area contributed by atoms with Crippen molar-refractivity contribution < 1.29 is 4.79 Å². The Kier molecular flexibility index (Phi) is 4.42. The first-order chi connectivity index (χ1) is 10.7. The Bertz CT molecular complexity index is 631. The van der Waals surface area contributed by atoms with Gasteiger partial charge in [-0.25, -0.2) is 0 Å². The van der Waals surface area contributed by atoms with E-state index in [4.69, 9.17) is 0 Å². The first kappa shape index (κ1) is 14.6. The van der Waals surface area contributed by atoms with Gasteiger partial charge >= 0.3 is 0 Å². The van der Waals surface area contributed by atoms with Crippen molar-refractivity contribution in [2.24, 2.45) is 0 Å². The topological polar surface area (TPSA) is 32.3 Å². The average molecular weight is 294 g/mol. The molecule has 2 aromatic carbocycles. The molecule has 1 amide bonds. The molecule has 2 aromatic rings. The number of nitrogens with one attached hydrogen (secondary N) is 1. The van der Waals surface area contributed by atoms with Crippen LogP contribution in [0.3, 0.4) is 0 Å². The number of anilines is 1. The van der Waals surface area contributed by atoms with Crippen LogP contribution in [0.4, 0.5) is 5.69 Å². The van der Waals surface area contributed by atoms with E-state index in [0.29, 0.717) is 0 Å². The standard InChI is InChI=1S/C19H22N2O/c1-15-7-5-6-10-18(15)19(22)20-16-11-13-21(14-12-16)17-8-3-2-4-9-17/h2-10,16H,11-14H2,1H3,(H,20,22). The largest absolute Gasteiger partial charge is 0.371 e. The predicted molar refractivity (Wildman–Crippen MR) is 90.3 cm³/mol. The summed E-state index contributed by atoms with van der Waals surface area (Å²) < 4.78 is 0. The Morgan fingerprint density at radius 1 is 1.00 bits per heavy atom. The predicted octanol–water partition coefficient (Wildman–Crippen LogP) is 3.39. The van der Waals surface area contributed by atoms with Gasteiger partial charge in [0.25, 0.3) is 5.91 Å². The van der Waals surface area contributed by atoms with E-state index in [1.165, 1.54) is 5.69 Å². The fraction of sp³-hybridized carbons (Fsp3) is 0.316. The maximum Gasteiger partial charge on any atom is 0.251 e. The summed E-state index contributed by atoms with van der Waals surface area (Å²) >= 11 is 0. The molecule has 1 aliphatic rings. The van der Waals surface area contributed by atoms with Crippen LogP contribution < -0.4 is 10.2 Å². The van der Waals surface area contributed by atoms with Crippen LogP contribution in [0.2, 0.25) is 0 Å². The van der Waals surface area contributed by atoms with Crippen molar-refractivity contribution in [3.8, 4) is 0 Å². The van der Waals surface area contributed by atoms with Gasteiger partial charge in [-0.1, -0.05) is 36.4 Å². The van der Waals surface area contributed by atoms with Crippen molar-refractivity contribution in [2.45, 2.75) is 25.8 Å². The zero-order valence-electron chi connectivity index (χ0n) is 13.0. The maximum atomic E-state index is 12.4. The Balaban J connectivity index is 1.56. The highest BCUT2D eigenvalue weighted by Gasteiger charge is 2.21. The number of carbonyl (C=O) groups excluding carboxylic acids is 1. The van der Waals surface area contributed by atoms with Crippen molar-refractivity contribution >= 4 is 11.6 Å². The monoisotopic (exact) mass is 294 g/mol. The van der Waals surface area contributed by atoms with Crippen LogP contribution in [0.1, 0.15) is 28.8 Å². The summed E-state index contributed by atoms with van der Waals surface area (Å²) in [6, 6.07) is 18.5. The van der Waals surface area contributed by atoms with E-state index >= 15 is 0 Å². The highest BCUT2D eigenvalue weighted by molar-refractivity contribution is 5.95. The Morgan fingerprint density at radius 3 is 2.32 bits per heavy atom. The first-order valence-corrected chi connectivity index (χ1v) is 7.90. The molecule has 0 spiro atoms. The third-order valence-electron chi connectivity index (χ3n) is 4.34. The number of amides is 1. The van der Waals surface area contributed by atoms with Crippen molar-refractivity contribution in [1.29, 1.82) is 0 Å². The van der Waals surface area contributed by atoms with Gasteiger partial charge in [0.05, 0.1) is 0 Å². The fourth-order valence-corrected chi connectivity index (χ4v) is 3.01. The van der Waals surface area contributed by atoms with Crippen molar-refractivity contribution in [2.75, 3.05) is 18.0 Å². The number of rotatable bonds is 3. The molecule has 3 nitrogen and oxygen atoms in total. The van der Waals surface area contributed by atoms with Crippen molar-refractivity contribution in [3.05, 3.63) is 65.7 Å². The number of piperidine rings is 1. The minimum Gasteiger partial charge on any atom is -0.371 e. The van der Waals surface area contributed by atoms with Gasteiger partial charge in [0.2, 0.25) is 0 Å². The number of aryl methyl sites for hydroxylation is 1. The first-order valence-electron chi connectivity index (χ1n) is 7.90. The quantitative estimate of drug-likeness (QED) is 0.941. The summed E-state index contributed by atoms with van der Waals surface area (Å²) in [6.07, 6.45) is 1.99. The molecule has 0 atom stereocenters. The molecular formula is C19H22N2O. The molecule has 1 saturated heterocycles. The van der Waals surface area contributed by atoms with Crippen LogP contribution in [0, 0.1) is 6.92 Å². The number of carbonyl (C=O) groups is 1. The third-order valence-corrected chi connectivity index (χ3v) is 4.34. The SMILES string of the molecule is Cc1ccccc1C(=O)NC1CCN(c2ccccc2)CC1. The molecule has 1 N–H and O–H groups in total. The zero-order valence-corrected chi connectivity index (χ0v) is 13.0. The lowest BCUT2D eigenvalue weighted by Gasteiger charge is -2.34. The van der Waals surface area contributed by atoms with Gasteiger partial charge in [0, 0.05) is 30.4 Å². The van der Waals surface area contributed by atoms with E-state index in [1.54, 1.807) is 0 Å². The van der Waals surface area contributed by atoms with E-state index in [2.05, 4.69) is 34.5 Å². The van der Waals surface area contributed by atoms with E-state index in [-0.39, 0.29) is 11.9 Å². The van der Waals surface area contributed by atoms with Gasteiger partial charge in [0.1, 0.15) is 0 Å². The van der Waals surface area contributed by atoms with E-state index < -0.39 is 0 Å². The van der Waals surface area contributed by atoms with Crippen LogP contribution in [-0.2, 0) is 0 Å². The minimum atomic E-state index is 0.0521. The second kappa shape index (κ2) is 6.65. The second-order valence-corrected chi connectivity index (χ2v) is 5.89. The molecule has 22 heavy (non-hydrogen) atoms. The number of benzene rings is 2. The van der Waals surface area contributed by atoms with Gasteiger partial charge in [-0.3, -0.25) is 4.79 Å². The van der Waals surface area contributed by atoms with Crippen LogP contribution in [-0.4, -0.2) is 25.0 Å². The van der Waals surface area contributed by atoms with Gasteiger partial charge < -0.3 is 10.2 Å². The number of hydrogen-bond donors (Lipinski definition) is 1. The minimum absolute atomic E-state index is 0.0521. The van der Waals surface area contributed by atoms with Crippen LogP contribution in [0.15, 0.2) is 54.6 Å². The van der Waals surface area contributed by atoms with E-state index in [9.17, 15) is 4.79 Å². The van der Waals surface area contributed by atoms with Gasteiger partial charge in [-0.2, -0.15) is 0 Å². The lowest BCUT2D eigenvalue weighted by atomic mass is 10.0. The summed E-state index contributed by atoms with van der Waals surface area (Å²) in [5.74, 6) is 0.0521. The smallest absolute Gasteiger partial charge is 0.251 e. The van der Waals surface area contributed by atoms with Gasteiger partial charge in [-0.05, 0) is 43.5 Å². The molecule has 0 aliphatic carbocycles. The van der Waals surface area contributed by atoms with Crippen LogP contribution in [0.25, 0.3) is 0 Å². The zero-order chi connectivity index (χ0) is 15.4. The molecule has 3 heteroatoms. The molecule has 1 aliphatic heterocycles. The normalized spacial score (nSPS) is 15.6. The molecular weight excluding hydrogens is 272 g/mol. The number of para-hydroxylation sites is 1. The Labute approximate surface area is 132 Å². The Morgan fingerprint density at radius 2 is 1.64 bits per heavy atom. The molecule has 3 rings (SSSR count). The molecule has 0 aromatic heterocycles. The molecule has 0 bridgehead atoms. The highest BCUT2D eigenvalue weighted by atomic mass is 16.1. The number of hydrogen-bond acceptors (Lipinski definition) is 2. The van der Waals surface area contributed by atoms with E-state index in [0.717, 1.165) is 37.1 Å². The summed E-state index contributed by atoms with van der Waals surface area (Å²) in [6.45, 7) is 3.96. The van der Waals surface area contributed by atoms with Crippen molar-refractivity contribution in [1.82, 2.24) is 5.32 Å². The third kappa shape index (κ3) is 3.30. The van der Waals surface area contributed by atoms with Crippen molar-refractivity contribution in [3.63, 3.8) is 0 Å². The molecule has 1 heterocycles. The summed E-state index contributed by atoms with van der Waals surface area (Å²) in [5.41, 5.74) is 3.08. The lowest BCUT2D eigenvalue weighted by Crippen LogP contribution is -2.44. The maximum absolute atomic E-state index is 12.4. The average Bonchev–Trinajstić information content (AvgIpc) is 2.57. The Hall–Kier alpha value is -2.29. The van der Waals surface area contributed by atoms with Gasteiger partial charge in [0.15, 0.2) is 0 Å². The lowest BCUT2D eigenvalue weighted by molar-refractivity contribution is 0.0930. The molecule has 0 radical (unpaired) electrons. The van der Waals surface area contributed by atoms with Crippen LogP contribution >= 0.6 is 0 Å². The van der Waals surface area contributed by atoms with Crippen LogP contribution in [0.5, 0.6) is 0 Å². The summed E-state index contributed by atoms with van der Waals surface area (Å²) in [7, 11) is 0. The summed E-state index contributed by atoms with van der Waals surface area (Å²) in [4.78, 5) is 14.7. The molecule has 0 unspecified atom stereocenters. The second-order valence-electron chi connectivity index (χ2n) is 5.89.